The van der Waals surface area contributed by atoms with E-state index in [1.807, 2.05) is 30.5 Å². The molecule has 0 unspecified atom stereocenters. The Morgan fingerprint density at radius 2 is 1.47 bits per heavy atom. The van der Waals surface area contributed by atoms with Crippen molar-refractivity contribution in [2.75, 3.05) is 16.9 Å². The molecule has 0 fully saturated rings. The van der Waals surface area contributed by atoms with E-state index in [-0.39, 0.29) is 17.5 Å². The fraction of sp³-hybridized carbons (Fsp3) is 0.125. The maximum Gasteiger partial charge on any atom is 0.246 e. The minimum Gasteiger partial charge on any atom is -0.374 e. The average molecular weight is 417 g/mol. The lowest BCUT2D eigenvalue weighted by Crippen LogP contribution is -2.32. The number of nitrogens with one attached hydrogen (secondary N) is 2. The number of hydrogen-bond donors (Lipinski definition) is 2. The van der Waals surface area contributed by atoms with Crippen LogP contribution < -0.4 is 10.6 Å². The summed E-state index contributed by atoms with van der Waals surface area (Å²) in [5, 5.41) is 6.01. The molecule has 30 heavy (non-hydrogen) atoms. The van der Waals surface area contributed by atoms with Gasteiger partial charge in [-0.3, -0.25) is 14.4 Å². The minimum absolute atomic E-state index is 0.179. The number of thioether (sulfide) groups is 1. The molecule has 2 N–H and O–H groups in total. The molecule has 1 aliphatic rings. The first-order valence-corrected chi connectivity index (χ1v) is 10.7. The number of amides is 1. The quantitative estimate of drug-likeness (QED) is 0.464. The maximum atomic E-state index is 12.8. The Hall–Kier alpha value is -3.38. The number of carbonyl (C=O) groups excluding carboxylic acids is 3. The van der Waals surface area contributed by atoms with E-state index in [9.17, 15) is 14.4 Å². The summed E-state index contributed by atoms with van der Waals surface area (Å²) in [6.45, 7) is 1.77. The number of rotatable bonds is 5. The first-order chi connectivity index (χ1) is 14.5. The molecular weight excluding hydrogens is 396 g/mol. The third kappa shape index (κ3) is 3.74. The van der Waals surface area contributed by atoms with Crippen LogP contribution in [-0.2, 0) is 4.79 Å². The van der Waals surface area contributed by atoms with E-state index < -0.39 is 6.04 Å². The molecule has 6 heteroatoms. The number of benzene rings is 3. The zero-order valence-electron chi connectivity index (χ0n) is 16.6. The van der Waals surface area contributed by atoms with Gasteiger partial charge in [-0.1, -0.05) is 30.3 Å². The molecular formula is C24H20N2O3S. The summed E-state index contributed by atoms with van der Waals surface area (Å²) in [6.07, 6.45) is 2.00. The monoisotopic (exact) mass is 416 g/mol. The van der Waals surface area contributed by atoms with Gasteiger partial charge in [0, 0.05) is 38.5 Å². The summed E-state index contributed by atoms with van der Waals surface area (Å²) in [5.74, 6) is -0.627. The average Bonchev–Trinajstić information content (AvgIpc) is 2.77. The Balaban J connectivity index is 1.52. The van der Waals surface area contributed by atoms with Crippen LogP contribution in [0.4, 0.5) is 11.4 Å². The molecule has 1 amide bonds. The van der Waals surface area contributed by atoms with Gasteiger partial charge >= 0.3 is 0 Å². The maximum absolute atomic E-state index is 12.8. The standard InChI is InChI=1S/C24H20N2O3S/c1-14(25-15-6-5-7-17(12-15)30-2)24(29)26-16-10-11-20-21(13-16)23(28)19-9-4-3-8-18(19)22(20)27/h3-14,25H,1-2H3,(H,26,29)/t14-/m0/s1. The van der Waals surface area contributed by atoms with Crippen LogP contribution in [-0.4, -0.2) is 29.8 Å². The van der Waals surface area contributed by atoms with Crippen molar-refractivity contribution in [1.29, 1.82) is 0 Å². The highest BCUT2D eigenvalue weighted by molar-refractivity contribution is 7.98. The van der Waals surface area contributed by atoms with Crippen molar-refractivity contribution in [1.82, 2.24) is 0 Å². The van der Waals surface area contributed by atoms with Crippen LogP contribution in [0.5, 0.6) is 0 Å². The molecule has 0 radical (unpaired) electrons. The van der Waals surface area contributed by atoms with E-state index in [1.165, 1.54) is 0 Å². The lowest BCUT2D eigenvalue weighted by atomic mass is 9.84. The first-order valence-electron chi connectivity index (χ1n) is 9.52. The van der Waals surface area contributed by atoms with Crippen LogP contribution in [0.2, 0.25) is 0 Å². The van der Waals surface area contributed by atoms with Crippen molar-refractivity contribution in [3.63, 3.8) is 0 Å². The summed E-state index contributed by atoms with van der Waals surface area (Å²) >= 11 is 1.63. The molecule has 3 aromatic carbocycles. The van der Waals surface area contributed by atoms with Gasteiger partial charge in [-0.05, 0) is 49.6 Å². The molecule has 0 spiro atoms. The molecule has 1 aliphatic carbocycles. The van der Waals surface area contributed by atoms with Gasteiger partial charge in [0.1, 0.15) is 6.04 Å². The van der Waals surface area contributed by atoms with Crippen LogP contribution in [0, 0.1) is 0 Å². The molecule has 1 atom stereocenters. The van der Waals surface area contributed by atoms with E-state index in [0.717, 1.165) is 10.6 Å². The second kappa shape index (κ2) is 8.16. The largest absolute Gasteiger partial charge is 0.374 e. The fourth-order valence-corrected chi connectivity index (χ4v) is 3.92. The van der Waals surface area contributed by atoms with Crippen LogP contribution in [0.15, 0.2) is 71.6 Å². The Bertz CT molecular complexity index is 1170. The van der Waals surface area contributed by atoms with Crippen molar-refractivity contribution >= 4 is 40.6 Å². The molecule has 3 aromatic rings. The van der Waals surface area contributed by atoms with Crippen molar-refractivity contribution < 1.29 is 14.4 Å². The zero-order valence-corrected chi connectivity index (χ0v) is 17.4. The van der Waals surface area contributed by atoms with Crippen LogP contribution in [0.25, 0.3) is 0 Å². The number of hydrogen-bond acceptors (Lipinski definition) is 5. The number of fused-ring (bicyclic) bond motifs is 2. The van der Waals surface area contributed by atoms with Gasteiger partial charge in [-0.2, -0.15) is 0 Å². The van der Waals surface area contributed by atoms with E-state index in [1.54, 1.807) is 61.2 Å². The van der Waals surface area contributed by atoms with Gasteiger partial charge in [0.05, 0.1) is 0 Å². The van der Waals surface area contributed by atoms with E-state index in [0.29, 0.717) is 27.9 Å². The molecule has 0 saturated carbocycles. The van der Waals surface area contributed by atoms with Crippen molar-refractivity contribution in [2.24, 2.45) is 0 Å². The lowest BCUT2D eigenvalue weighted by Gasteiger charge is -2.19. The van der Waals surface area contributed by atoms with E-state index in [2.05, 4.69) is 10.6 Å². The fourth-order valence-electron chi connectivity index (χ4n) is 3.46. The van der Waals surface area contributed by atoms with E-state index >= 15 is 0 Å². The number of ketones is 2. The highest BCUT2D eigenvalue weighted by Crippen LogP contribution is 2.29. The Kier molecular flexibility index (Phi) is 5.42. The van der Waals surface area contributed by atoms with Gasteiger partial charge in [-0.15, -0.1) is 11.8 Å². The van der Waals surface area contributed by atoms with Crippen molar-refractivity contribution in [3.05, 3.63) is 89.0 Å². The third-order valence-corrected chi connectivity index (χ3v) is 5.76. The van der Waals surface area contributed by atoms with Crippen LogP contribution in [0.1, 0.15) is 38.8 Å². The molecule has 5 nitrogen and oxygen atoms in total. The highest BCUT2D eigenvalue weighted by Gasteiger charge is 2.29. The number of anilines is 2. The minimum atomic E-state index is -0.490. The molecule has 0 bridgehead atoms. The Morgan fingerprint density at radius 1 is 0.800 bits per heavy atom. The topological polar surface area (TPSA) is 75.3 Å². The Morgan fingerprint density at radius 3 is 2.17 bits per heavy atom. The SMILES string of the molecule is CSc1cccc(N[C@@H](C)C(=O)Nc2ccc3c(c2)C(=O)c2ccccc2C3=O)c1. The van der Waals surface area contributed by atoms with Gasteiger partial charge in [0.15, 0.2) is 11.6 Å². The van der Waals surface area contributed by atoms with Gasteiger partial charge in [0.2, 0.25) is 5.91 Å². The summed E-state index contributed by atoms with van der Waals surface area (Å²) in [6, 6.07) is 18.9. The molecule has 150 valence electrons. The first kappa shape index (κ1) is 19.9. The second-order valence-electron chi connectivity index (χ2n) is 7.05. The van der Waals surface area contributed by atoms with E-state index in [4.69, 9.17) is 0 Å². The van der Waals surface area contributed by atoms with Crippen molar-refractivity contribution in [3.8, 4) is 0 Å². The zero-order chi connectivity index (χ0) is 21.3. The summed E-state index contributed by atoms with van der Waals surface area (Å²) in [5.41, 5.74) is 2.80. The third-order valence-electron chi connectivity index (χ3n) is 5.04. The molecule has 0 saturated heterocycles. The molecule has 4 rings (SSSR count). The second-order valence-corrected chi connectivity index (χ2v) is 7.93. The lowest BCUT2D eigenvalue weighted by molar-refractivity contribution is -0.116. The van der Waals surface area contributed by atoms with Gasteiger partial charge in [0.25, 0.3) is 0 Å². The molecule has 0 aromatic heterocycles. The van der Waals surface area contributed by atoms with Crippen LogP contribution >= 0.6 is 11.8 Å². The van der Waals surface area contributed by atoms with Crippen molar-refractivity contribution in [2.45, 2.75) is 17.9 Å². The molecule has 0 aliphatic heterocycles. The van der Waals surface area contributed by atoms with Gasteiger partial charge < -0.3 is 10.6 Å². The summed E-state index contributed by atoms with van der Waals surface area (Å²) in [7, 11) is 0. The van der Waals surface area contributed by atoms with Crippen LogP contribution in [0.3, 0.4) is 0 Å². The summed E-state index contributed by atoms with van der Waals surface area (Å²) < 4.78 is 0. The molecule has 0 heterocycles. The van der Waals surface area contributed by atoms with Gasteiger partial charge in [-0.25, -0.2) is 0 Å². The highest BCUT2D eigenvalue weighted by atomic mass is 32.2. The Labute approximate surface area is 178 Å². The normalized spacial score (nSPS) is 13.3. The predicted molar refractivity (Wildman–Crippen MR) is 120 cm³/mol. The summed E-state index contributed by atoms with van der Waals surface area (Å²) in [4.78, 5) is 39.3. The smallest absolute Gasteiger partial charge is 0.246 e. The predicted octanol–water partition coefficient (Wildman–Crippen LogP) is 4.62. The number of carbonyl (C=O) groups is 3.